The van der Waals surface area contributed by atoms with Crippen LogP contribution < -0.4 is 20.9 Å². The fourth-order valence-corrected chi connectivity index (χ4v) is 5.46. The third-order valence-electron chi connectivity index (χ3n) is 7.69. The SMILES string of the molecule is C=C(NCC1CNCCO1)c1ccc(Nc2nc3c(N4CCC(O)(c5ccc(Cl)cc5)CC4)cccn3n2)cc1. The molecule has 9 nitrogen and oxygen atoms in total. The van der Waals surface area contributed by atoms with Crippen LogP contribution in [0.15, 0.2) is 73.4 Å². The predicted octanol–water partition coefficient (Wildman–Crippen LogP) is 4.16. The first-order chi connectivity index (χ1) is 19.5. The largest absolute Gasteiger partial charge is 0.385 e. The molecule has 0 bridgehead atoms. The van der Waals surface area contributed by atoms with Crippen LogP contribution in [-0.4, -0.2) is 65.1 Å². The zero-order chi connectivity index (χ0) is 27.5. The Morgan fingerprint density at radius 3 is 2.62 bits per heavy atom. The predicted molar refractivity (Wildman–Crippen MR) is 159 cm³/mol. The number of pyridine rings is 1. The Labute approximate surface area is 238 Å². The van der Waals surface area contributed by atoms with E-state index in [9.17, 15) is 5.11 Å². The second-order valence-corrected chi connectivity index (χ2v) is 10.8. The molecule has 0 spiro atoms. The monoisotopic (exact) mass is 559 g/mol. The van der Waals surface area contributed by atoms with Crippen molar-refractivity contribution in [1.82, 2.24) is 25.2 Å². The summed E-state index contributed by atoms with van der Waals surface area (Å²) in [5.41, 5.74) is 4.58. The number of aliphatic hydroxyl groups is 1. The standard InChI is InChI=1S/C30H34ClN7O2/c1-21(33-20-26-19-32-14-18-40-26)22-4-10-25(11-5-22)34-29-35-28-27(3-2-15-38(28)36-29)37-16-12-30(39,13-17-37)23-6-8-24(31)9-7-23/h2-11,15,26,32-33,39H,1,12-14,16-20H2,(H,34,36). The Hall–Kier alpha value is -3.63. The summed E-state index contributed by atoms with van der Waals surface area (Å²) in [6.07, 6.45) is 3.28. The second-order valence-electron chi connectivity index (χ2n) is 10.4. The van der Waals surface area contributed by atoms with Crippen molar-refractivity contribution in [2.45, 2.75) is 24.5 Å². The van der Waals surface area contributed by atoms with Crippen LogP contribution in [0.3, 0.4) is 0 Å². The first-order valence-corrected chi connectivity index (χ1v) is 14.1. The molecule has 0 aliphatic carbocycles. The van der Waals surface area contributed by atoms with Gasteiger partial charge >= 0.3 is 0 Å². The van der Waals surface area contributed by atoms with E-state index < -0.39 is 5.60 Å². The zero-order valence-electron chi connectivity index (χ0n) is 22.3. The van der Waals surface area contributed by atoms with Crippen LogP contribution >= 0.6 is 11.6 Å². The van der Waals surface area contributed by atoms with Crippen molar-refractivity contribution in [1.29, 1.82) is 0 Å². The Kier molecular flexibility index (Phi) is 7.62. The van der Waals surface area contributed by atoms with Gasteiger partial charge in [0.05, 0.1) is 24.0 Å². The van der Waals surface area contributed by atoms with E-state index in [4.69, 9.17) is 21.3 Å². The first kappa shape index (κ1) is 26.6. The van der Waals surface area contributed by atoms with Gasteiger partial charge in [-0.1, -0.05) is 42.4 Å². The van der Waals surface area contributed by atoms with Gasteiger partial charge in [-0.05, 0) is 60.4 Å². The van der Waals surface area contributed by atoms with Gasteiger partial charge in [0.2, 0.25) is 5.95 Å². The van der Waals surface area contributed by atoms with Gasteiger partial charge in [0.15, 0.2) is 5.65 Å². The van der Waals surface area contributed by atoms with Gasteiger partial charge in [-0.25, -0.2) is 4.52 Å². The fraction of sp³-hybridized carbons (Fsp3) is 0.333. The number of ether oxygens (including phenoxy) is 1. The van der Waals surface area contributed by atoms with Gasteiger partial charge < -0.3 is 30.7 Å². The topological polar surface area (TPSA) is 99.0 Å². The van der Waals surface area contributed by atoms with E-state index in [1.807, 2.05) is 60.8 Å². The minimum atomic E-state index is -0.861. The highest BCUT2D eigenvalue weighted by atomic mass is 35.5. The number of halogens is 1. The van der Waals surface area contributed by atoms with Crippen molar-refractivity contribution in [3.05, 3.63) is 89.6 Å². The average Bonchev–Trinajstić information content (AvgIpc) is 3.40. The number of fused-ring (bicyclic) bond motifs is 1. The van der Waals surface area contributed by atoms with Crippen LogP contribution in [0.4, 0.5) is 17.3 Å². The average molecular weight is 560 g/mol. The maximum atomic E-state index is 11.3. The molecule has 2 aromatic heterocycles. The summed E-state index contributed by atoms with van der Waals surface area (Å²) in [5, 5.41) is 26.6. The van der Waals surface area contributed by atoms with E-state index in [1.54, 1.807) is 4.52 Å². The molecule has 4 aromatic rings. The molecule has 1 atom stereocenters. The van der Waals surface area contributed by atoms with Crippen molar-refractivity contribution < 1.29 is 9.84 Å². The lowest BCUT2D eigenvalue weighted by Gasteiger charge is -2.39. The number of benzene rings is 2. The molecule has 2 aliphatic heterocycles. The number of anilines is 3. The van der Waals surface area contributed by atoms with Crippen molar-refractivity contribution in [3.63, 3.8) is 0 Å². The van der Waals surface area contributed by atoms with E-state index in [1.165, 1.54) is 0 Å². The van der Waals surface area contributed by atoms with E-state index in [0.29, 0.717) is 36.9 Å². The lowest BCUT2D eigenvalue weighted by Crippen LogP contribution is -2.43. The molecule has 208 valence electrons. The summed E-state index contributed by atoms with van der Waals surface area (Å²) >= 11 is 6.04. The molecule has 40 heavy (non-hydrogen) atoms. The fourth-order valence-electron chi connectivity index (χ4n) is 5.33. The molecule has 1 unspecified atom stereocenters. The highest BCUT2D eigenvalue weighted by molar-refractivity contribution is 6.30. The number of piperidine rings is 1. The van der Waals surface area contributed by atoms with E-state index in [0.717, 1.165) is 60.1 Å². The minimum Gasteiger partial charge on any atom is -0.385 e. The molecule has 4 heterocycles. The van der Waals surface area contributed by atoms with Gasteiger partial charge in [-0.15, -0.1) is 5.10 Å². The number of hydrogen-bond donors (Lipinski definition) is 4. The third-order valence-corrected chi connectivity index (χ3v) is 7.94. The molecule has 0 radical (unpaired) electrons. The number of nitrogens with zero attached hydrogens (tertiary/aromatic N) is 4. The molecule has 10 heteroatoms. The third kappa shape index (κ3) is 5.78. The summed E-state index contributed by atoms with van der Waals surface area (Å²) in [6, 6.07) is 19.6. The maximum Gasteiger partial charge on any atom is 0.247 e. The van der Waals surface area contributed by atoms with Gasteiger partial charge in [-0.2, -0.15) is 4.98 Å². The smallest absolute Gasteiger partial charge is 0.247 e. The molecule has 4 N–H and O–H groups in total. The molecule has 0 saturated carbocycles. The van der Waals surface area contributed by atoms with E-state index >= 15 is 0 Å². The van der Waals surface area contributed by atoms with Gasteiger partial charge in [-0.3, -0.25) is 0 Å². The molecule has 2 saturated heterocycles. The van der Waals surface area contributed by atoms with Crippen LogP contribution in [0.1, 0.15) is 24.0 Å². The molecule has 2 aromatic carbocycles. The van der Waals surface area contributed by atoms with E-state index in [2.05, 4.69) is 38.6 Å². The first-order valence-electron chi connectivity index (χ1n) is 13.7. The molecule has 6 rings (SSSR count). The molecular weight excluding hydrogens is 526 g/mol. The Balaban J connectivity index is 1.10. The summed E-state index contributed by atoms with van der Waals surface area (Å²) in [4.78, 5) is 7.06. The van der Waals surface area contributed by atoms with Gasteiger partial charge in [0.25, 0.3) is 0 Å². The number of aromatic nitrogens is 3. The van der Waals surface area contributed by atoms with Crippen molar-refractivity contribution >= 4 is 40.3 Å². The Bertz CT molecular complexity index is 1460. The van der Waals surface area contributed by atoms with Crippen LogP contribution in [0.5, 0.6) is 0 Å². The summed E-state index contributed by atoms with van der Waals surface area (Å²) in [5.74, 6) is 0.522. The van der Waals surface area contributed by atoms with Crippen molar-refractivity contribution in [2.24, 2.45) is 0 Å². The van der Waals surface area contributed by atoms with Crippen LogP contribution in [0.2, 0.25) is 5.02 Å². The lowest BCUT2D eigenvalue weighted by molar-refractivity contribution is 0.0118. The maximum absolute atomic E-state index is 11.3. The molecule has 0 amide bonds. The van der Waals surface area contributed by atoms with Crippen molar-refractivity contribution in [2.75, 3.05) is 49.5 Å². The van der Waals surface area contributed by atoms with Crippen LogP contribution in [0.25, 0.3) is 11.3 Å². The number of hydrogen-bond acceptors (Lipinski definition) is 8. The summed E-state index contributed by atoms with van der Waals surface area (Å²) in [7, 11) is 0. The second kappa shape index (κ2) is 11.5. The molecule has 2 aliphatic rings. The van der Waals surface area contributed by atoms with E-state index in [-0.39, 0.29) is 6.10 Å². The number of morpholine rings is 1. The van der Waals surface area contributed by atoms with Gasteiger partial charge in [0.1, 0.15) is 0 Å². The lowest BCUT2D eigenvalue weighted by atomic mass is 9.84. The Morgan fingerprint density at radius 1 is 1.12 bits per heavy atom. The summed E-state index contributed by atoms with van der Waals surface area (Å²) in [6.45, 7) is 8.80. The summed E-state index contributed by atoms with van der Waals surface area (Å²) < 4.78 is 7.53. The number of rotatable bonds is 8. The quantitative estimate of drug-likeness (QED) is 0.255. The minimum absolute atomic E-state index is 0.150. The molecule has 2 fully saturated rings. The Morgan fingerprint density at radius 2 is 1.90 bits per heavy atom. The highest BCUT2D eigenvalue weighted by Crippen LogP contribution is 2.36. The molecular formula is C30H34ClN7O2. The highest BCUT2D eigenvalue weighted by Gasteiger charge is 2.34. The normalized spacial score (nSPS) is 18.9. The van der Waals surface area contributed by atoms with Gasteiger partial charge in [0, 0.05) is 55.3 Å². The number of nitrogens with one attached hydrogen (secondary N) is 3. The van der Waals surface area contributed by atoms with Crippen molar-refractivity contribution in [3.8, 4) is 0 Å². The van der Waals surface area contributed by atoms with Crippen LogP contribution in [0, 0.1) is 0 Å². The zero-order valence-corrected chi connectivity index (χ0v) is 23.1. The van der Waals surface area contributed by atoms with Crippen LogP contribution in [-0.2, 0) is 10.3 Å².